The Morgan fingerprint density at radius 1 is 1.04 bits per heavy atom. The summed E-state index contributed by atoms with van der Waals surface area (Å²) in [6.45, 7) is 2.28. The van der Waals surface area contributed by atoms with E-state index < -0.39 is 0 Å². The highest BCUT2D eigenvalue weighted by Gasteiger charge is 2.21. The minimum absolute atomic E-state index is 0.0874. The van der Waals surface area contributed by atoms with Crippen LogP contribution in [-0.2, 0) is 19.6 Å². The van der Waals surface area contributed by atoms with Gasteiger partial charge in [-0.2, -0.15) is 5.10 Å². The number of fused-ring (bicyclic) bond motifs is 1. The van der Waals surface area contributed by atoms with Crippen LogP contribution in [0.1, 0.15) is 11.1 Å². The Kier molecular flexibility index (Phi) is 4.68. The number of anilines is 1. The summed E-state index contributed by atoms with van der Waals surface area (Å²) in [6, 6.07) is 8.43. The average Bonchev–Trinajstić information content (AvgIpc) is 3.33. The van der Waals surface area contributed by atoms with Gasteiger partial charge in [0.15, 0.2) is 5.75 Å². The third-order valence-corrected chi connectivity index (χ3v) is 4.81. The van der Waals surface area contributed by atoms with Crippen molar-refractivity contribution < 1.29 is 14.6 Å². The third-order valence-electron chi connectivity index (χ3n) is 4.81. The quantitative estimate of drug-likeness (QED) is 0.723. The van der Waals surface area contributed by atoms with Crippen molar-refractivity contribution in [1.29, 1.82) is 0 Å². The summed E-state index contributed by atoms with van der Waals surface area (Å²) in [5, 5.41) is 13.3. The van der Waals surface area contributed by atoms with Gasteiger partial charge in [-0.1, -0.05) is 12.1 Å². The monoisotopic (exact) mass is 366 g/mol. The number of benzene rings is 1. The zero-order chi connectivity index (χ0) is 18.8. The highest BCUT2D eigenvalue weighted by atomic mass is 16.5. The fraction of sp³-hybridized carbons (Fsp3) is 0.300. The van der Waals surface area contributed by atoms with Gasteiger partial charge in [-0.15, -0.1) is 0 Å². The first-order valence-electron chi connectivity index (χ1n) is 8.80. The van der Waals surface area contributed by atoms with Crippen LogP contribution in [0.25, 0.3) is 11.1 Å². The molecule has 0 radical (unpaired) electrons. The number of ether oxygens (including phenoxy) is 2. The molecule has 7 heteroatoms. The number of aliphatic hydroxyl groups is 1. The van der Waals surface area contributed by atoms with Crippen LogP contribution in [0.15, 0.2) is 42.9 Å². The first kappa shape index (κ1) is 17.4. The maximum absolute atomic E-state index is 9.05. The molecule has 0 unspecified atom stereocenters. The molecule has 0 saturated heterocycles. The van der Waals surface area contributed by atoms with Crippen molar-refractivity contribution in [1.82, 2.24) is 14.8 Å². The van der Waals surface area contributed by atoms with Crippen molar-refractivity contribution in [3.05, 3.63) is 54.0 Å². The van der Waals surface area contributed by atoms with Gasteiger partial charge in [0.2, 0.25) is 0 Å². The van der Waals surface area contributed by atoms with Crippen LogP contribution in [0, 0.1) is 0 Å². The van der Waals surface area contributed by atoms with Crippen molar-refractivity contribution in [2.24, 2.45) is 0 Å². The second kappa shape index (κ2) is 7.28. The van der Waals surface area contributed by atoms with Gasteiger partial charge in [0.05, 0.1) is 39.3 Å². The van der Waals surface area contributed by atoms with E-state index in [2.05, 4.69) is 33.2 Å². The van der Waals surface area contributed by atoms with Crippen LogP contribution in [0.5, 0.6) is 11.6 Å². The molecule has 1 N–H and O–H groups in total. The molecule has 0 aliphatic carbocycles. The molecule has 4 rings (SSSR count). The Hall–Kier alpha value is -3.06. The van der Waals surface area contributed by atoms with Gasteiger partial charge in [0, 0.05) is 31.0 Å². The first-order chi connectivity index (χ1) is 13.2. The lowest BCUT2D eigenvalue weighted by molar-refractivity contribution is 0.269. The van der Waals surface area contributed by atoms with Gasteiger partial charge in [-0.05, 0) is 28.8 Å². The van der Waals surface area contributed by atoms with Gasteiger partial charge in [-0.3, -0.25) is 4.68 Å². The Morgan fingerprint density at radius 3 is 2.67 bits per heavy atom. The van der Waals surface area contributed by atoms with Crippen LogP contribution < -0.4 is 14.4 Å². The topological polar surface area (TPSA) is 72.6 Å². The van der Waals surface area contributed by atoms with E-state index >= 15 is 0 Å². The van der Waals surface area contributed by atoms with E-state index in [1.807, 2.05) is 18.5 Å². The maximum atomic E-state index is 9.05. The van der Waals surface area contributed by atoms with Crippen LogP contribution in [0.2, 0.25) is 0 Å². The lowest BCUT2D eigenvalue weighted by Gasteiger charge is -2.14. The van der Waals surface area contributed by atoms with Gasteiger partial charge in [-0.25, -0.2) is 4.98 Å². The molecule has 2 aromatic heterocycles. The molecule has 0 atom stereocenters. The molecular formula is C20H22N4O3. The lowest BCUT2D eigenvalue weighted by atomic mass is 10.0. The number of hydrogen-bond acceptors (Lipinski definition) is 6. The summed E-state index contributed by atoms with van der Waals surface area (Å²) in [5.41, 5.74) is 5.75. The fourth-order valence-corrected chi connectivity index (χ4v) is 3.39. The second-order valence-corrected chi connectivity index (χ2v) is 6.46. The van der Waals surface area contributed by atoms with E-state index in [1.165, 1.54) is 11.1 Å². The van der Waals surface area contributed by atoms with E-state index in [0.29, 0.717) is 18.2 Å². The number of pyridine rings is 1. The molecule has 0 amide bonds. The predicted molar refractivity (Wildman–Crippen MR) is 102 cm³/mol. The summed E-state index contributed by atoms with van der Waals surface area (Å²) >= 11 is 0. The molecule has 3 aromatic rings. The maximum Gasteiger partial charge on any atom is 0.256 e. The molecular weight excluding hydrogens is 344 g/mol. The molecule has 27 heavy (non-hydrogen) atoms. The zero-order valence-electron chi connectivity index (χ0n) is 15.4. The standard InChI is InChI=1S/C20H22N4O3/c1-26-19-8-16(9-21-20(19)27-2)14-3-4-15-11-23(12-17(15)7-14)18-10-22-24(13-18)5-6-25/h3-4,7-10,13,25H,5-6,11-12H2,1-2H3. The van der Waals surface area contributed by atoms with Gasteiger partial charge < -0.3 is 19.5 Å². The number of aromatic nitrogens is 3. The largest absolute Gasteiger partial charge is 0.491 e. The van der Waals surface area contributed by atoms with Gasteiger partial charge >= 0.3 is 0 Å². The van der Waals surface area contributed by atoms with Crippen LogP contribution in [0.3, 0.4) is 0 Å². The number of hydrogen-bond donors (Lipinski definition) is 1. The lowest BCUT2D eigenvalue weighted by Crippen LogP contribution is -2.13. The van der Waals surface area contributed by atoms with Crippen molar-refractivity contribution in [3.63, 3.8) is 0 Å². The summed E-state index contributed by atoms with van der Waals surface area (Å²) in [4.78, 5) is 6.61. The van der Waals surface area contributed by atoms with Crippen LogP contribution >= 0.6 is 0 Å². The molecule has 1 aliphatic heterocycles. The minimum Gasteiger partial charge on any atom is -0.491 e. The van der Waals surface area contributed by atoms with Crippen LogP contribution in [-0.4, -0.2) is 40.7 Å². The number of methoxy groups -OCH3 is 2. The van der Waals surface area contributed by atoms with E-state index in [-0.39, 0.29) is 6.61 Å². The second-order valence-electron chi connectivity index (χ2n) is 6.46. The minimum atomic E-state index is 0.0874. The Balaban J connectivity index is 1.58. The molecule has 1 aliphatic rings. The number of rotatable bonds is 6. The van der Waals surface area contributed by atoms with Crippen molar-refractivity contribution in [3.8, 4) is 22.8 Å². The van der Waals surface area contributed by atoms with Crippen molar-refractivity contribution >= 4 is 5.69 Å². The van der Waals surface area contributed by atoms with Gasteiger partial charge in [0.1, 0.15) is 0 Å². The van der Waals surface area contributed by atoms with E-state index in [9.17, 15) is 0 Å². The van der Waals surface area contributed by atoms with Crippen molar-refractivity contribution in [2.45, 2.75) is 19.6 Å². The summed E-state index contributed by atoms with van der Waals surface area (Å²) in [7, 11) is 3.19. The van der Waals surface area contributed by atoms with Gasteiger partial charge in [0.25, 0.3) is 5.88 Å². The molecule has 0 fully saturated rings. The molecule has 140 valence electrons. The predicted octanol–water partition coefficient (Wildman–Crippen LogP) is 2.47. The highest BCUT2D eigenvalue weighted by molar-refractivity contribution is 5.67. The SMILES string of the molecule is COc1cc(-c2ccc3c(c2)CN(c2cnn(CCO)c2)C3)cnc1OC. The number of nitrogens with zero attached hydrogens (tertiary/aromatic N) is 4. The molecule has 1 aromatic carbocycles. The normalized spacial score (nSPS) is 12.9. The average molecular weight is 366 g/mol. The summed E-state index contributed by atoms with van der Waals surface area (Å²) in [6.07, 6.45) is 5.62. The molecule has 0 saturated carbocycles. The third kappa shape index (κ3) is 3.33. The van der Waals surface area contributed by atoms with E-state index in [0.717, 1.165) is 29.9 Å². The summed E-state index contributed by atoms with van der Waals surface area (Å²) < 4.78 is 12.3. The number of aliphatic hydroxyl groups excluding tert-OH is 1. The Morgan fingerprint density at radius 2 is 1.89 bits per heavy atom. The van der Waals surface area contributed by atoms with Crippen molar-refractivity contribution in [2.75, 3.05) is 25.7 Å². The van der Waals surface area contributed by atoms with E-state index in [4.69, 9.17) is 14.6 Å². The fourth-order valence-electron chi connectivity index (χ4n) is 3.39. The Bertz CT molecular complexity index is 954. The zero-order valence-corrected chi connectivity index (χ0v) is 15.4. The molecule has 3 heterocycles. The van der Waals surface area contributed by atoms with E-state index in [1.54, 1.807) is 25.1 Å². The molecule has 7 nitrogen and oxygen atoms in total. The highest BCUT2D eigenvalue weighted by Crippen LogP contribution is 2.34. The molecule has 0 bridgehead atoms. The Labute approximate surface area is 157 Å². The van der Waals surface area contributed by atoms with Crippen LogP contribution in [0.4, 0.5) is 5.69 Å². The first-order valence-corrected chi connectivity index (χ1v) is 8.80. The smallest absolute Gasteiger partial charge is 0.256 e. The molecule has 0 spiro atoms. The summed E-state index contributed by atoms with van der Waals surface area (Å²) in [5.74, 6) is 1.10.